The first-order chi connectivity index (χ1) is 9.14. The van der Waals surface area contributed by atoms with Gasteiger partial charge in [-0.1, -0.05) is 79.1 Å². The lowest BCUT2D eigenvalue weighted by atomic mass is 9.75. The van der Waals surface area contributed by atoms with Gasteiger partial charge in [0.15, 0.2) is 0 Å². The molecular formula is C18H38O. The number of hydrogen-bond acceptors (Lipinski definition) is 1. The fraction of sp³-hybridized carbons (Fsp3) is 1.00. The standard InChI is InChI=1S/C18H38O/c1-5-9-12-13-15-17(14-10-6-2)18(19,8-4)16-11-7-3/h17,19H,5-16H2,1-4H3. The molecule has 0 saturated carbocycles. The first-order valence-electron chi connectivity index (χ1n) is 8.86. The summed E-state index contributed by atoms with van der Waals surface area (Å²) < 4.78 is 0. The molecule has 0 bridgehead atoms. The second-order valence-corrected chi connectivity index (χ2v) is 6.25. The molecule has 1 N–H and O–H groups in total. The normalized spacial score (nSPS) is 16.3. The fourth-order valence-electron chi connectivity index (χ4n) is 3.10. The molecule has 0 spiro atoms. The number of aliphatic hydroxyl groups is 1. The second kappa shape index (κ2) is 11.8. The van der Waals surface area contributed by atoms with Crippen LogP contribution in [0.5, 0.6) is 0 Å². The average Bonchev–Trinajstić information content (AvgIpc) is 2.44. The molecular weight excluding hydrogens is 232 g/mol. The molecule has 0 aromatic heterocycles. The molecule has 1 nitrogen and oxygen atoms in total. The lowest BCUT2D eigenvalue weighted by molar-refractivity contribution is -0.0395. The largest absolute Gasteiger partial charge is 0.390 e. The number of rotatable bonds is 13. The van der Waals surface area contributed by atoms with Gasteiger partial charge < -0.3 is 5.11 Å². The van der Waals surface area contributed by atoms with E-state index in [9.17, 15) is 5.11 Å². The van der Waals surface area contributed by atoms with Gasteiger partial charge in [0, 0.05) is 0 Å². The van der Waals surface area contributed by atoms with E-state index in [1.165, 1.54) is 64.2 Å². The van der Waals surface area contributed by atoms with E-state index in [4.69, 9.17) is 0 Å². The van der Waals surface area contributed by atoms with E-state index in [2.05, 4.69) is 27.7 Å². The van der Waals surface area contributed by atoms with Crippen molar-refractivity contribution in [2.45, 2.75) is 110 Å². The van der Waals surface area contributed by atoms with Crippen molar-refractivity contribution >= 4 is 0 Å². The predicted molar refractivity (Wildman–Crippen MR) is 86.5 cm³/mol. The van der Waals surface area contributed by atoms with Crippen LogP contribution in [0.2, 0.25) is 0 Å². The monoisotopic (exact) mass is 270 g/mol. The van der Waals surface area contributed by atoms with Crippen LogP contribution in [0.25, 0.3) is 0 Å². The first kappa shape index (κ1) is 19.0. The molecule has 0 heterocycles. The minimum Gasteiger partial charge on any atom is -0.390 e. The molecule has 116 valence electrons. The zero-order valence-electron chi connectivity index (χ0n) is 14.0. The summed E-state index contributed by atoms with van der Waals surface area (Å²) in [6, 6.07) is 0. The summed E-state index contributed by atoms with van der Waals surface area (Å²) in [5.74, 6) is 0.529. The Morgan fingerprint density at radius 1 is 0.737 bits per heavy atom. The molecule has 1 heteroatoms. The average molecular weight is 271 g/mol. The minimum absolute atomic E-state index is 0.391. The van der Waals surface area contributed by atoms with Gasteiger partial charge >= 0.3 is 0 Å². The van der Waals surface area contributed by atoms with Crippen molar-refractivity contribution in [3.05, 3.63) is 0 Å². The quantitative estimate of drug-likeness (QED) is 0.401. The Kier molecular flexibility index (Phi) is 11.7. The molecule has 0 aliphatic rings. The van der Waals surface area contributed by atoms with Gasteiger partial charge in [0.1, 0.15) is 0 Å². The molecule has 0 aliphatic heterocycles. The van der Waals surface area contributed by atoms with Crippen LogP contribution >= 0.6 is 0 Å². The molecule has 2 unspecified atom stereocenters. The van der Waals surface area contributed by atoms with E-state index >= 15 is 0 Å². The predicted octanol–water partition coefficient (Wildman–Crippen LogP) is 6.09. The third kappa shape index (κ3) is 7.97. The zero-order valence-corrected chi connectivity index (χ0v) is 14.0. The Bertz CT molecular complexity index is 190. The van der Waals surface area contributed by atoms with Gasteiger partial charge in [0.05, 0.1) is 5.60 Å². The summed E-state index contributed by atoms with van der Waals surface area (Å²) in [7, 11) is 0. The third-order valence-electron chi connectivity index (χ3n) is 4.65. The van der Waals surface area contributed by atoms with Crippen molar-refractivity contribution in [1.82, 2.24) is 0 Å². The highest BCUT2D eigenvalue weighted by Gasteiger charge is 2.33. The Labute approximate surface area is 122 Å². The number of unbranched alkanes of at least 4 members (excludes halogenated alkanes) is 5. The zero-order chi connectivity index (χ0) is 14.6. The van der Waals surface area contributed by atoms with Gasteiger partial charge in [-0.2, -0.15) is 0 Å². The fourth-order valence-corrected chi connectivity index (χ4v) is 3.10. The molecule has 0 aromatic rings. The maximum atomic E-state index is 11.0. The smallest absolute Gasteiger partial charge is 0.0673 e. The van der Waals surface area contributed by atoms with Crippen LogP contribution < -0.4 is 0 Å². The first-order valence-corrected chi connectivity index (χ1v) is 8.86. The molecule has 0 aliphatic carbocycles. The maximum absolute atomic E-state index is 11.0. The third-order valence-corrected chi connectivity index (χ3v) is 4.65. The Balaban J connectivity index is 4.39. The summed E-state index contributed by atoms with van der Waals surface area (Å²) in [5.41, 5.74) is -0.391. The van der Waals surface area contributed by atoms with Crippen LogP contribution in [0.3, 0.4) is 0 Å². The summed E-state index contributed by atoms with van der Waals surface area (Å²) in [4.78, 5) is 0. The van der Waals surface area contributed by atoms with Crippen LogP contribution in [0.15, 0.2) is 0 Å². The van der Waals surface area contributed by atoms with Crippen molar-refractivity contribution < 1.29 is 5.11 Å². The highest BCUT2D eigenvalue weighted by Crippen LogP contribution is 2.35. The summed E-state index contributed by atoms with van der Waals surface area (Å²) in [5, 5.41) is 11.0. The van der Waals surface area contributed by atoms with Crippen LogP contribution in [0.1, 0.15) is 105 Å². The minimum atomic E-state index is -0.391. The van der Waals surface area contributed by atoms with Gasteiger partial charge in [0.25, 0.3) is 0 Å². The van der Waals surface area contributed by atoms with E-state index in [1.807, 2.05) is 0 Å². The lowest BCUT2D eigenvalue weighted by Crippen LogP contribution is -2.37. The van der Waals surface area contributed by atoms with Gasteiger partial charge in [0.2, 0.25) is 0 Å². The van der Waals surface area contributed by atoms with Crippen molar-refractivity contribution in [3.8, 4) is 0 Å². The Morgan fingerprint density at radius 2 is 1.32 bits per heavy atom. The van der Waals surface area contributed by atoms with Crippen LogP contribution in [0, 0.1) is 5.92 Å². The van der Waals surface area contributed by atoms with E-state index in [-0.39, 0.29) is 0 Å². The van der Waals surface area contributed by atoms with Crippen molar-refractivity contribution in [1.29, 1.82) is 0 Å². The van der Waals surface area contributed by atoms with E-state index in [0.717, 1.165) is 12.8 Å². The van der Waals surface area contributed by atoms with Gasteiger partial charge in [-0.3, -0.25) is 0 Å². The second-order valence-electron chi connectivity index (χ2n) is 6.25. The van der Waals surface area contributed by atoms with Crippen molar-refractivity contribution in [2.75, 3.05) is 0 Å². The molecule has 0 rings (SSSR count). The van der Waals surface area contributed by atoms with E-state index < -0.39 is 5.60 Å². The van der Waals surface area contributed by atoms with E-state index in [0.29, 0.717) is 5.92 Å². The molecule has 0 fully saturated rings. The van der Waals surface area contributed by atoms with E-state index in [1.54, 1.807) is 0 Å². The summed E-state index contributed by atoms with van der Waals surface area (Å²) >= 11 is 0. The van der Waals surface area contributed by atoms with Crippen molar-refractivity contribution in [3.63, 3.8) is 0 Å². The molecule has 0 aromatic carbocycles. The molecule has 0 saturated heterocycles. The van der Waals surface area contributed by atoms with Crippen LogP contribution in [-0.4, -0.2) is 10.7 Å². The SMILES string of the molecule is CCCCCCC(CCCC)C(O)(CC)CCCC. The van der Waals surface area contributed by atoms with Crippen LogP contribution in [-0.2, 0) is 0 Å². The highest BCUT2D eigenvalue weighted by atomic mass is 16.3. The number of hydrogen-bond donors (Lipinski definition) is 1. The maximum Gasteiger partial charge on any atom is 0.0673 e. The molecule has 0 radical (unpaired) electrons. The highest BCUT2D eigenvalue weighted by molar-refractivity contribution is 4.85. The Morgan fingerprint density at radius 3 is 1.84 bits per heavy atom. The molecule has 2 atom stereocenters. The summed E-state index contributed by atoms with van der Waals surface area (Å²) in [6.07, 6.45) is 14.5. The van der Waals surface area contributed by atoms with Crippen LogP contribution in [0.4, 0.5) is 0 Å². The lowest BCUT2D eigenvalue weighted by Gasteiger charge is -2.36. The van der Waals surface area contributed by atoms with Gasteiger partial charge in [-0.15, -0.1) is 0 Å². The Hall–Kier alpha value is -0.0400. The van der Waals surface area contributed by atoms with Crippen molar-refractivity contribution in [2.24, 2.45) is 5.92 Å². The van der Waals surface area contributed by atoms with Gasteiger partial charge in [-0.25, -0.2) is 0 Å². The summed E-state index contributed by atoms with van der Waals surface area (Å²) in [6.45, 7) is 8.91. The molecule has 0 amide bonds. The topological polar surface area (TPSA) is 20.2 Å². The molecule has 19 heavy (non-hydrogen) atoms. The van der Waals surface area contributed by atoms with Gasteiger partial charge in [-0.05, 0) is 31.6 Å².